The molecule has 2 amide bonds. The zero-order valence-corrected chi connectivity index (χ0v) is 15.5. The Morgan fingerprint density at radius 2 is 1.75 bits per heavy atom. The molecule has 0 bridgehead atoms. The number of fused-ring (bicyclic) bond motifs is 1. The van der Waals surface area contributed by atoms with Gasteiger partial charge >= 0.3 is 11.8 Å². The second-order valence-electron chi connectivity index (χ2n) is 6.31. The summed E-state index contributed by atoms with van der Waals surface area (Å²) in [6, 6.07) is 20.3. The largest absolute Gasteiger partial charge is 0.497 e. The van der Waals surface area contributed by atoms with Gasteiger partial charge in [0.1, 0.15) is 5.75 Å². The van der Waals surface area contributed by atoms with Crippen molar-refractivity contribution in [1.29, 1.82) is 0 Å². The van der Waals surface area contributed by atoms with Gasteiger partial charge in [-0.15, -0.1) is 0 Å². The number of anilines is 1. The van der Waals surface area contributed by atoms with Gasteiger partial charge < -0.3 is 20.5 Å². The molecule has 3 N–H and O–H groups in total. The van der Waals surface area contributed by atoms with Crippen molar-refractivity contribution in [2.75, 3.05) is 19.0 Å². The fraction of sp³-hybridized carbons (Fsp3) is 0.182. The SMILES string of the molecule is COc1cccc(NC(=O)C(=O)NCCC(O)c2cccc3ccccc23)c1. The molecule has 1 atom stereocenters. The molecule has 3 aromatic carbocycles. The lowest BCUT2D eigenvalue weighted by Crippen LogP contribution is -2.36. The number of aliphatic hydroxyl groups is 1. The summed E-state index contributed by atoms with van der Waals surface area (Å²) in [5.74, 6) is -0.947. The molecule has 0 aromatic heterocycles. The normalized spacial score (nSPS) is 11.6. The van der Waals surface area contributed by atoms with Crippen molar-refractivity contribution in [2.45, 2.75) is 12.5 Å². The van der Waals surface area contributed by atoms with Crippen molar-refractivity contribution in [3.8, 4) is 5.75 Å². The minimum atomic E-state index is -0.770. The fourth-order valence-corrected chi connectivity index (χ4v) is 2.99. The van der Waals surface area contributed by atoms with Crippen LogP contribution >= 0.6 is 0 Å². The minimum Gasteiger partial charge on any atom is -0.497 e. The van der Waals surface area contributed by atoms with Gasteiger partial charge in [0.2, 0.25) is 0 Å². The maximum absolute atomic E-state index is 12.0. The average molecular weight is 378 g/mol. The summed E-state index contributed by atoms with van der Waals surface area (Å²) in [7, 11) is 1.52. The van der Waals surface area contributed by atoms with Crippen LogP contribution in [0.25, 0.3) is 10.8 Å². The monoisotopic (exact) mass is 378 g/mol. The number of hydrogen-bond acceptors (Lipinski definition) is 4. The average Bonchev–Trinajstić information content (AvgIpc) is 2.73. The van der Waals surface area contributed by atoms with E-state index in [0.717, 1.165) is 16.3 Å². The van der Waals surface area contributed by atoms with Crippen LogP contribution in [0.1, 0.15) is 18.1 Å². The lowest BCUT2D eigenvalue weighted by molar-refractivity contribution is -0.136. The van der Waals surface area contributed by atoms with Gasteiger partial charge in [-0.1, -0.05) is 48.5 Å². The number of hydrogen-bond donors (Lipinski definition) is 3. The summed E-state index contributed by atoms with van der Waals surface area (Å²) in [6.45, 7) is 0.175. The summed E-state index contributed by atoms with van der Waals surface area (Å²) < 4.78 is 5.08. The molecule has 28 heavy (non-hydrogen) atoms. The van der Waals surface area contributed by atoms with E-state index < -0.39 is 17.9 Å². The molecule has 3 rings (SSSR count). The zero-order valence-electron chi connectivity index (χ0n) is 15.5. The van der Waals surface area contributed by atoms with Crippen LogP contribution in [-0.4, -0.2) is 30.6 Å². The first-order chi connectivity index (χ1) is 13.6. The number of nitrogens with one attached hydrogen (secondary N) is 2. The number of rotatable bonds is 6. The predicted octanol–water partition coefficient (Wildman–Crippen LogP) is 3.03. The van der Waals surface area contributed by atoms with Crippen LogP contribution in [0.15, 0.2) is 66.7 Å². The van der Waals surface area contributed by atoms with E-state index in [9.17, 15) is 14.7 Å². The molecule has 0 radical (unpaired) electrons. The third kappa shape index (κ3) is 4.66. The Hall–Kier alpha value is -3.38. The number of amides is 2. The van der Waals surface area contributed by atoms with Gasteiger partial charge in [-0.2, -0.15) is 0 Å². The first kappa shape index (κ1) is 19.4. The number of methoxy groups -OCH3 is 1. The minimum absolute atomic E-state index is 0.175. The highest BCUT2D eigenvalue weighted by atomic mass is 16.5. The smallest absolute Gasteiger partial charge is 0.313 e. The molecule has 3 aromatic rings. The molecule has 144 valence electrons. The van der Waals surface area contributed by atoms with Crippen molar-refractivity contribution in [3.05, 3.63) is 72.3 Å². The highest BCUT2D eigenvalue weighted by Crippen LogP contribution is 2.25. The maximum atomic E-state index is 12.0. The Bertz CT molecular complexity index is 982. The van der Waals surface area contributed by atoms with Crippen molar-refractivity contribution >= 4 is 28.3 Å². The number of carbonyl (C=O) groups is 2. The maximum Gasteiger partial charge on any atom is 0.313 e. The van der Waals surface area contributed by atoms with Crippen LogP contribution in [0.3, 0.4) is 0 Å². The highest BCUT2D eigenvalue weighted by molar-refractivity contribution is 6.39. The predicted molar refractivity (Wildman–Crippen MR) is 108 cm³/mol. The first-order valence-electron chi connectivity index (χ1n) is 8.97. The van der Waals surface area contributed by atoms with Crippen LogP contribution in [0.4, 0.5) is 5.69 Å². The summed E-state index contributed by atoms with van der Waals surface area (Å²) in [5, 5.41) is 17.6. The van der Waals surface area contributed by atoms with Gasteiger partial charge in [0.15, 0.2) is 0 Å². The molecule has 6 heteroatoms. The standard InChI is InChI=1S/C22H22N2O4/c1-28-17-9-5-8-16(14-17)24-22(27)21(26)23-13-12-20(25)19-11-4-7-15-6-2-3-10-18(15)19/h2-11,14,20,25H,12-13H2,1H3,(H,23,26)(H,24,27). The van der Waals surface area contributed by atoms with Crippen LogP contribution in [0.2, 0.25) is 0 Å². The lowest BCUT2D eigenvalue weighted by atomic mass is 9.99. The van der Waals surface area contributed by atoms with Crippen molar-refractivity contribution in [3.63, 3.8) is 0 Å². The zero-order chi connectivity index (χ0) is 19.9. The summed E-state index contributed by atoms with van der Waals surface area (Å²) in [6.07, 6.45) is -0.445. The van der Waals surface area contributed by atoms with E-state index >= 15 is 0 Å². The second kappa shape index (κ2) is 9.01. The molecule has 0 spiro atoms. The van der Waals surface area contributed by atoms with E-state index in [1.807, 2.05) is 42.5 Å². The van der Waals surface area contributed by atoms with Gasteiger partial charge in [0.25, 0.3) is 0 Å². The summed E-state index contributed by atoms with van der Waals surface area (Å²) in [5.41, 5.74) is 1.27. The Labute approximate surface area is 163 Å². The molecular weight excluding hydrogens is 356 g/mol. The van der Waals surface area contributed by atoms with Crippen molar-refractivity contribution in [2.24, 2.45) is 0 Å². The molecule has 6 nitrogen and oxygen atoms in total. The molecule has 0 aliphatic carbocycles. The quantitative estimate of drug-likeness (QED) is 0.576. The molecule has 0 saturated carbocycles. The molecule has 1 unspecified atom stereocenters. The second-order valence-corrected chi connectivity index (χ2v) is 6.31. The molecule has 0 aliphatic heterocycles. The third-order valence-corrected chi connectivity index (χ3v) is 4.42. The van der Waals surface area contributed by atoms with Gasteiger partial charge in [0, 0.05) is 18.3 Å². The highest BCUT2D eigenvalue weighted by Gasteiger charge is 2.15. The summed E-state index contributed by atoms with van der Waals surface area (Å²) >= 11 is 0. The molecule has 0 fully saturated rings. The Morgan fingerprint density at radius 1 is 1.00 bits per heavy atom. The fourth-order valence-electron chi connectivity index (χ4n) is 2.99. The van der Waals surface area contributed by atoms with E-state index in [1.54, 1.807) is 24.3 Å². The first-order valence-corrected chi connectivity index (χ1v) is 8.97. The molecule has 0 heterocycles. The Morgan fingerprint density at radius 3 is 2.57 bits per heavy atom. The van der Waals surface area contributed by atoms with E-state index in [-0.39, 0.29) is 6.54 Å². The third-order valence-electron chi connectivity index (χ3n) is 4.42. The topological polar surface area (TPSA) is 87.7 Å². The van der Waals surface area contributed by atoms with Crippen LogP contribution < -0.4 is 15.4 Å². The number of carbonyl (C=O) groups excluding carboxylic acids is 2. The van der Waals surface area contributed by atoms with Crippen LogP contribution in [0.5, 0.6) is 5.75 Å². The number of benzene rings is 3. The Balaban J connectivity index is 1.53. The van der Waals surface area contributed by atoms with Gasteiger partial charge in [-0.05, 0) is 34.9 Å². The van der Waals surface area contributed by atoms with Crippen LogP contribution in [0, 0.1) is 0 Å². The Kier molecular flexibility index (Phi) is 6.24. The number of ether oxygens (including phenoxy) is 1. The lowest BCUT2D eigenvalue weighted by Gasteiger charge is -2.14. The van der Waals surface area contributed by atoms with E-state index in [4.69, 9.17) is 4.74 Å². The van der Waals surface area contributed by atoms with Gasteiger partial charge in [-0.3, -0.25) is 9.59 Å². The van der Waals surface area contributed by atoms with Crippen molar-refractivity contribution in [1.82, 2.24) is 5.32 Å². The van der Waals surface area contributed by atoms with Gasteiger partial charge in [-0.25, -0.2) is 0 Å². The molecule has 0 saturated heterocycles. The molecular formula is C22H22N2O4. The van der Waals surface area contributed by atoms with Crippen molar-refractivity contribution < 1.29 is 19.4 Å². The van der Waals surface area contributed by atoms with Gasteiger partial charge in [0.05, 0.1) is 13.2 Å². The van der Waals surface area contributed by atoms with E-state index in [1.165, 1.54) is 7.11 Å². The van der Waals surface area contributed by atoms with Crippen LogP contribution in [-0.2, 0) is 9.59 Å². The number of aliphatic hydroxyl groups excluding tert-OH is 1. The van der Waals surface area contributed by atoms with E-state index in [0.29, 0.717) is 17.9 Å². The molecule has 0 aliphatic rings. The summed E-state index contributed by atoms with van der Waals surface area (Å²) in [4.78, 5) is 24.0. The van der Waals surface area contributed by atoms with E-state index in [2.05, 4.69) is 10.6 Å².